The third-order valence-corrected chi connectivity index (χ3v) is 4.80. The molecule has 8 heteroatoms. The molecule has 0 saturated heterocycles. The van der Waals surface area contributed by atoms with Gasteiger partial charge in [-0.3, -0.25) is 4.79 Å². The van der Waals surface area contributed by atoms with Crippen molar-refractivity contribution in [3.8, 4) is 0 Å². The number of fused-ring (bicyclic) bond motifs is 3. The first kappa shape index (κ1) is 18.2. The zero-order valence-electron chi connectivity index (χ0n) is 15.1. The summed E-state index contributed by atoms with van der Waals surface area (Å²) in [6, 6.07) is 11.2. The van der Waals surface area contributed by atoms with E-state index in [-0.39, 0.29) is 5.91 Å². The molecule has 0 fully saturated rings. The number of carbonyl (C=O) groups excluding carboxylic acids is 1. The second kappa shape index (κ2) is 7.82. The quantitative estimate of drug-likeness (QED) is 0.385. The van der Waals surface area contributed by atoms with Crippen molar-refractivity contribution < 1.29 is 4.79 Å². The van der Waals surface area contributed by atoms with Gasteiger partial charge < -0.3 is 15.6 Å². The van der Waals surface area contributed by atoms with Crippen LogP contribution in [0.25, 0.3) is 21.9 Å². The van der Waals surface area contributed by atoms with Gasteiger partial charge in [0.1, 0.15) is 10.7 Å². The fourth-order valence-corrected chi connectivity index (χ4v) is 3.31. The number of nitrogen functional groups attached to an aromatic ring is 1. The molecule has 4 rings (SSSR count). The van der Waals surface area contributed by atoms with Crippen molar-refractivity contribution in [2.24, 2.45) is 0 Å². The highest BCUT2D eigenvalue weighted by atomic mass is 35.5. The molecule has 7 nitrogen and oxygen atoms in total. The molecule has 1 aromatic carbocycles. The third-order valence-electron chi connectivity index (χ3n) is 4.58. The fourth-order valence-electron chi connectivity index (χ4n) is 3.20. The van der Waals surface area contributed by atoms with Crippen molar-refractivity contribution in [1.82, 2.24) is 24.8 Å². The lowest BCUT2D eigenvalue weighted by atomic mass is 10.2. The number of nitrogens with two attached hydrogens (primary N) is 1. The van der Waals surface area contributed by atoms with Crippen LogP contribution in [0.1, 0.15) is 23.2 Å². The number of rotatable bonds is 6. The van der Waals surface area contributed by atoms with E-state index in [1.807, 2.05) is 24.3 Å². The molecule has 0 unspecified atom stereocenters. The van der Waals surface area contributed by atoms with Crippen LogP contribution >= 0.6 is 11.6 Å². The molecule has 3 aromatic heterocycles. The van der Waals surface area contributed by atoms with E-state index < -0.39 is 0 Å². The molecule has 3 heterocycles. The molecule has 0 saturated carbocycles. The Morgan fingerprint density at radius 1 is 1.14 bits per heavy atom. The average Bonchev–Trinajstić information content (AvgIpc) is 3.13. The van der Waals surface area contributed by atoms with Gasteiger partial charge in [-0.25, -0.2) is 15.0 Å². The van der Waals surface area contributed by atoms with E-state index in [2.05, 4.69) is 24.8 Å². The van der Waals surface area contributed by atoms with Crippen molar-refractivity contribution in [1.29, 1.82) is 0 Å². The number of halogens is 1. The Bertz CT molecular complexity index is 1140. The average molecular weight is 395 g/mol. The van der Waals surface area contributed by atoms with Gasteiger partial charge >= 0.3 is 0 Å². The SMILES string of the molecule is Nc1nc2ccccc2c2c1ncn2CCCCNC(=O)c1ccc(Cl)nc1. The minimum absolute atomic E-state index is 0.151. The smallest absolute Gasteiger partial charge is 0.252 e. The zero-order valence-corrected chi connectivity index (χ0v) is 15.9. The maximum atomic E-state index is 12.1. The van der Waals surface area contributed by atoms with Crippen LogP contribution < -0.4 is 11.1 Å². The Balaban J connectivity index is 1.38. The van der Waals surface area contributed by atoms with Gasteiger partial charge in [-0.05, 0) is 31.0 Å². The molecular formula is C20H19ClN6O. The minimum atomic E-state index is -0.151. The summed E-state index contributed by atoms with van der Waals surface area (Å²) in [4.78, 5) is 24.8. The number of hydrogen-bond acceptors (Lipinski definition) is 5. The van der Waals surface area contributed by atoms with E-state index in [1.165, 1.54) is 6.20 Å². The van der Waals surface area contributed by atoms with Gasteiger partial charge in [0.15, 0.2) is 5.82 Å². The molecule has 0 aliphatic rings. The van der Waals surface area contributed by atoms with Gasteiger partial charge in [0.2, 0.25) is 0 Å². The molecule has 0 aliphatic heterocycles. The summed E-state index contributed by atoms with van der Waals surface area (Å²) in [6.07, 6.45) is 5.00. The Morgan fingerprint density at radius 3 is 2.82 bits per heavy atom. The molecule has 142 valence electrons. The maximum absolute atomic E-state index is 12.1. The Hall–Kier alpha value is -3.19. The standard InChI is InChI=1S/C20H19ClN6O/c21-16-8-7-13(11-24-16)20(28)23-9-3-4-10-27-12-25-17-18(27)14-5-1-2-6-15(14)26-19(17)22/h1-2,5-8,11-12H,3-4,9-10H2,(H2,22,26)(H,23,28). The van der Waals surface area contributed by atoms with Crippen LogP contribution in [0.15, 0.2) is 48.9 Å². The maximum Gasteiger partial charge on any atom is 0.252 e. The summed E-state index contributed by atoms with van der Waals surface area (Å²) in [5.41, 5.74) is 9.14. The van der Waals surface area contributed by atoms with Gasteiger partial charge in [-0.2, -0.15) is 0 Å². The number of benzene rings is 1. The number of aryl methyl sites for hydroxylation is 1. The van der Waals surface area contributed by atoms with Crippen molar-refractivity contribution >= 4 is 45.3 Å². The highest BCUT2D eigenvalue weighted by Crippen LogP contribution is 2.27. The van der Waals surface area contributed by atoms with Crippen molar-refractivity contribution in [3.63, 3.8) is 0 Å². The number of unbranched alkanes of at least 4 members (excludes halogenated alkanes) is 1. The van der Waals surface area contributed by atoms with Crippen LogP contribution in [0.4, 0.5) is 5.82 Å². The molecule has 0 aliphatic carbocycles. The number of anilines is 1. The molecule has 4 aromatic rings. The lowest BCUT2D eigenvalue weighted by molar-refractivity contribution is 0.0952. The van der Waals surface area contributed by atoms with E-state index in [0.29, 0.717) is 23.1 Å². The van der Waals surface area contributed by atoms with Gasteiger partial charge in [-0.15, -0.1) is 0 Å². The van der Waals surface area contributed by atoms with Crippen LogP contribution in [0.2, 0.25) is 5.15 Å². The predicted octanol–water partition coefficient (Wildman–Crippen LogP) is 3.43. The van der Waals surface area contributed by atoms with Crippen molar-refractivity contribution in [2.75, 3.05) is 12.3 Å². The van der Waals surface area contributed by atoms with E-state index in [0.717, 1.165) is 41.3 Å². The van der Waals surface area contributed by atoms with Gasteiger partial charge in [0.25, 0.3) is 5.91 Å². The molecular weight excluding hydrogens is 376 g/mol. The first-order valence-electron chi connectivity index (χ1n) is 9.02. The second-order valence-electron chi connectivity index (χ2n) is 6.48. The Labute approximate surface area is 166 Å². The number of hydrogen-bond donors (Lipinski definition) is 2. The first-order chi connectivity index (χ1) is 13.6. The summed E-state index contributed by atoms with van der Waals surface area (Å²) < 4.78 is 2.10. The summed E-state index contributed by atoms with van der Waals surface area (Å²) in [6.45, 7) is 1.36. The molecule has 1 amide bonds. The van der Waals surface area contributed by atoms with E-state index in [1.54, 1.807) is 18.5 Å². The number of nitrogens with one attached hydrogen (secondary N) is 1. The third kappa shape index (κ3) is 3.61. The number of nitrogens with zero attached hydrogens (tertiary/aromatic N) is 4. The van der Waals surface area contributed by atoms with Crippen LogP contribution in [0, 0.1) is 0 Å². The van der Waals surface area contributed by atoms with Gasteiger partial charge in [-0.1, -0.05) is 29.8 Å². The molecule has 0 spiro atoms. The van der Waals surface area contributed by atoms with E-state index >= 15 is 0 Å². The second-order valence-corrected chi connectivity index (χ2v) is 6.87. The van der Waals surface area contributed by atoms with Gasteiger partial charge in [0.05, 0.1) is 22.9 Å². The summed E-state index contributed by atoms with van der Waals surface area (Å²) in [7, 11) is 0. The van der Waals surface area contributed by atoms with Crippen LogP contribution in [-0.2, 0) is 6.54 Å². The van der Waals surface area contributed by atoms with Crippen molar-refractivity contribution in [3.05, 3.63) is 59.6 Å². The minimum Gasteiger partial charge on any atom is -0.382 e. The highest BCUT2D eigenvalue weighted by molar-refractivity contribution is 6.29. The molecule has 3 N–H and O–H groups in total. The van der Waals surface area contributed by atoms with Gasteiger partial charge in [0, 0.05) is 24.7 Å². The van der Waals surface area contributed by atoms with E-state index in [9.17, 15) is 4.79 Å². The summed E-state index contributed by atoms with van der Waals surface area (Å²) >= 11 is 5.74. The summed E-state index contributed by atoms with van der Waals surface area (Å²) in [5.74, 6) is 0.290. The predicted molar refractivity (Wildman–Crippen MR) is 110 cm³/mol. The topological polar surface area (TPSA) is 98.7 Å². The van der Waals surface area contributed by atoms with Crippen molar-refractivity contribution in [2.45, 2.75) is 19.4 Å². The normalized spacial score (nSPS) is 11.2. The Kier molecular flexibility index (Phi) is 5.08. The molecule has 28 heavy (non-hydrogen) atoms. The van der Waals surface area contributed by atoms with Crippen LogP contribution in [0.5, 0.6) is 0 Å². The number of para-hydroxylation sites is 1. The van der Waals surface area contributed by atoms with Crippen LogP contribution in [-0.4, -0.2) is 32.0 Å². The Morgan fingerprint density at radius 2 is 2.00 bits per heavy atom. The number of imidazole rings is 1. The monoisotopic (exact) mass is 394 g/mol. The number of aromatic nitrogens is 4. The van der Waals surface area contributed by atoms with E-state index in [4.69, 9.17) is 17.3 Å². The summed E-state index contributed by atoms with van der Waals surface area (Å²) in [5, 5.41) is 4.30. The molecule has 0 bridgehead atoms. The fraction of sp³-hybridized carbons (Fsp3) is 0.200. The largest absolute Gasteiger partial charge is 0.382 e. The number of amides is 1. The molecule has 0 radical (unpaired) electrons. The first-order valence-corrected chi connectivity index (χ1v) is 9.40. The number of pyridine rings is 2. The zero-order chi connectivity index (χ0) is 19.5. The number of carbonyl (C=O) groups is 1. The highest BCUT2D eigenvalue weighted by Gasteiger charge is 2.12. The molecule has 0 atom stereocenters. The van der Waals surface area contributed by atoms with Crippen LogP contribution in [0.3, 0.4) is 0 Å². The lowest BCUT2D eigenvalue weighted by Crippen LogP contribution is -2.24. The lowest BCUT2D eigenvalue weighted by Gasteiger charge is -2.08.